The van der Waals surface area contributed by atoms with Crippen LogP contribution in [0.3, 0.4) is 0 Å². The quantitative estimate of drug-likeness (QED) is 0.683. The molecule has 130 valence electrons. The molecule has 0 saturated heterocycles. The second-order valence-electron chi connectivity index (χ2n) is 5.33. The fourth-order valence-corrected chi connectivity index (χ4v) is 2.33. The largest absolute Gasteiger partial charge is 0.497 e. The third-order valence-corrected chi connectivity index (χ3v) is 3.68. The summed E-state index contributed by atoms with van der Waals surface area (Å²) in [5.74, 6) is 1.84. The van der Waals surface area contributed by atoms with Crippen molar-refractivity contribution in [2.75, 3.05) is 26.1 Å². The molecule has 7 nitrogen and oxygen atoms in total. The number of anilines is 1. The molecule has 0 radical (unpaired) electrons. The Hall–Kier alpha value is -3.06. The van der Waals surface area contributed by atoms with E-state index < -0.39 is 6.10 Å². The van der Waals surface area contributed by atoms with Gasteiger partial charge in [-0.3, -0.25) is 0 Å². The Bertz CT molecular complexity index is 834. The number of nitrogens with zero attached hydrogens (tertiary/aromatic N) is 2. The highest BCUT2D eigenvalue weighted by Gasteiger charge is 2.12. The topological polar surface area (TPSA) is 89.6 Å². The van der Waals surface area contributed by atoms with Crippen LogP contribution in [-0.2, 0) is 0 Å². The Balaban J connectivity index is 1.65. The number of rotatable bonds is 7. The summed E-state index contributed by atoms with van der Waals surface area (Å²) in [6, 6.07) is 14.9. The van der Waals surface area contributed by atoms with Crippen LogP contribution in [0.2, 0.25) is 0 Å². The second kappa shape index (κ2) is 7.67. The van der Waals surface area contributed by atoms with Gasteiger partial charge < -0.3 is 24.4 Å². The third-order valence-electron chi connectivity index (χ3n) is 3.68. The maximum absolute atomic E-state index is 10.3. The van der Waals surface area contributed by atoms with Crippen molar-refractivity contribution in [3.63, 3.8) is 0 Å². The number of benzene rings is 2. The molecular formula is C18H19N3O4. The smallest absolute Gasteiger partial charge is 0.321 e. The van der Waals surface area contributed by atoms with Crippen molar-refractivity contribution >= 4 is 6.01 Å². The van der Waals surface area contributed by atoms with Crippen LogP contribution in [0.1, 0.15) is 11.7 Å². The number of aliphatic hydroxyl groups is 1. The molecule has 1 atom stereocenters. The maximum atomic E-state index is 10.3. The number of hydrogen-bond donors (Lipinski definition) is 2. The van der Waals surface area contributed by atoms with E-state index in [9.17, 15) is 5.11 Å². The van der Waals surface area contributed by atoms with Gasteiger partial charge in [-0.15, -0.1) is 0 Å². The number of hydrogen-bond acceptors (Lipinski definition) is 7. The van der Waals surface area contributed by atoms with E-state index in [0.29, 0.717) is 17.3 Å². The molecule has 0 aliphatic rings. The first-order valence-corrected chi connectivity index (χ1v) is 7.73. The predicted molar refractivity (Wildman–Crippen MR) is 92.7 cm³/mol. The van der Waals surface area contributed by atoms with Crippen LogP contribution in [0.25, 0.3) is 11.4 Å². The van der Waals surface area contributed by atoms with E-state index in [1.807, 2.05) is 42.5 Å². The molecule has 2 N–H and O–H groups in total. The van der Waals surface area contributed by atoms with Gasteiger partial charge in [-0.05, 0) is 29.8 Å². The highest BCUT2D eigenvalue weighted by atomic mass is 16.5. The van der Waals surface area contributed by atoms with Gasteiger partial charge in [0.15, 0.2) is 0 Å². The summed E-state index contributed by atoms with van der Waals surface area (Å²) in [6.45, 7) is 0.229. The van der Waals surface area contributed by atoms with Crippen molar-refractivity contribution in [1.29, 1.82) is 0 Å². The van der Waals surface area contributed by atoms with Gasteiger partial charge in [0.05, 0.1) is 20.3 Å². The summed E-state index contributed by atoms with van der Waals surface area (Å²) < 4.78 is 15.5. The predicted octanol–water partition coefficient (Wildman–Crippen LogP) is 2.90. The van der Waals surface area contributed by atoms with Crippen molar-refractivity contribution in [2.45, 2.75) is 6.10 Å². The molecule has 0 aliphatic heterocycles. The van der Waals surface area contributed by atoms with Crippen LogP contribution >= 0.6 is 0 Å². The van der Waals surface area contributed by atoms with Gasteiger partial charge in [0.1, 0.15) is 11.5 Å². The summed E-state index contributed by atoms with van der Waals surface area (Å²) in [4.78, 5) is 4.28. The van der Waals surface area contributed by atoms with Gasteiger partial charge in [0, 0.05) is 12.1 Å². The normalized spacial score (nSPS) is 11.8. The van der Waals surface area contributed by atoms with E-state index in [4.69, 9.17) is 14.0 Å². The van der Waals surface area contributed by atoms with Gasteiger partial charge in [-0.2, -0.15) is 4.98 Å². The van der Waals surface area contributed by atoms with E-state index >= 15 is 0 Å². The Morgan fingerprint density at radius 3 is 2.56 bits per heavy atom. The van der Waals surface area contributed by atoms with Crippen molar-refractivity contribution in [1.82, 2.24) is 10.1 Å². The van der Waals surface area contributed by atoms with Gasteiger partial charge in [-0.1, -0.05) is 29.4 Å². The molecule has 0 bridgehead atoms. The molecular weight excluding hydrogens is 322 g/mol. The van der Waals surface area contributed by atoms with E-state index in [-0.39, 0.29) is 12.6 Å². The molecule has 2 aromatic carbocycles. The van der Waals surface area contributed by atoms with Crippen molar-refractivity contribution in [3.8, 4) is 22.9 Å². The summed E-state index contributed by atoms with van der Waals surface area (Å²) in [7, 11) is 3.19. The summed E-state index contributed by atoms with van der Waals surface area (Å²) in [6.07, 6.45) is -0.734. The minimum atomic E-state index is -0.734. The number of ether oxygens (including phenoxy) is 2. The van der Waals surface area contributed by atoms with Gasteiger partial charge >= 0.3 is 6.01 Å². The maximum Gasteiger partial charge on any atom is 0.321 e. The van der Waals surface area contributed by atoms with Crippen LogP contribution in [-0.4, -0.2) is 36.0 Å². The van der Waals surface area contributed by atoms with Crippen LogP contribution in [0.15, 0.2) is 53.1 Å². The van der Waals surface area contributed by atoms with E-state index in [1.54, 1.807) is 20.3 Å². The minimum Gasteiger partial charge on any atom is -0.497 e. The zero-order valence-electron chi connectivity index (χ0n) is 14.0. The molecule has 3 rings (SSSR count). The van der Waals surface area contributed by atoms with Crippen molar-refractivity contribution < 1.29 is 19.1 Å². The molecule has 3 aromatic rings. The van der Waals surface area contributed by atoms with E-state index in [1.165, 1.54) is 0 Å². The summed E-state index contributed by atoms with van der Waals surface area (Å²) >= 11 is 0. The fraction of sp³-hybridized carbons (Fsp3) is 0.222. The molecule has 1 unspecified atom stereocenters. The number of aromatic nitrogens is 2. The lowest BCUT2D eigenvalue weighted by Crippen LogP contribution is -2.12. The molecule has 7 heteroatoms. The van der Waals surface area contributed by atoms with E-state index in [2.05, 4.69) is 15.5 Å². The second-order valence-corrected chi connectivity index (χ2v) is 5.33. The van der Waals surface area contributed by atoms with Gasteiger partial charge in [0.25, 0.3) is 0 Å². The Morgan fingerprint density at radius 1 is 1.08 bits per heavy atom. The number of methoxy groups -OCH3 is 2. The van der Waals surface area contributed by atoms with Crippen LogP contribution in [0, 0.1) is 0 Å². The Kier molecular flexibility index (Phi) is 5.15. The average Bonchev–Trinajstić information content (AvgIpc) is 3.15. The first-order valence-electron chi connectivity index (χ1n) is 7.73. The lowest BCUT2D eigenvalue weighted by Gasteiger charge is -2.11. The lowest BCUT2D eigenvalue weighted by molar-refractivity contribution is 0.190. The van der Waals surface area contributed by atoms with Crippen molar-refractivity contribution in [2.24, 2.45) is 0 Å². The molecule has 1 heterocycles. The average molecular weight is 341 g/mol. The van der Waals surface area contributed by atoms with Crippen LogP contribution < -0.4 is 14.8 Å². The summed E-state index contributed by atoms with van der Waals surface area (Å²) in [5, 5.41) is 17.1. The number of aliphatic hydroxyl groups excluding tert-OH is 1. The molecule has 0 amide bonds. The monoisotopic (exact) mass is 341 g/mol. The molecule has 0 aliphatic carbocycles. The molecule has 25 heavy (non-hydrogen) atoms. The Labute approximate surface area is 145 Å². The van der Waals surface area contributed by atoms with E-state index in [0.717, 1.165) is 11.1 Å². The summed E-state index contributed by atoms with van der Waals surface area (Å²) in [5.41, 5.74) is 1.52. The number of nitrogens with one attached hydrogen (secondary N) is 1. The molecule has 0 saturated carbocycles. The lowest BCUT2D eigenvalue weighted by atomic mass is 10.1. The van der Waals surface area contributed by atoms with Crippen molar-refractivity contribution in [3.05, 3.63) is 54.1 Å². The van der Waals surface area contributed by atoms with Crippen LogP contribution in [0.4, 0.5) is 6.01 Å². The highest BCUT2D eigenvalue weighted by molar-refractivity contribution is 5.57. The van der Waals surface area contributed by atoms with Gasteiger partial charge in [0.2, 0.25) is 5.82 Å². The standard InChI is InChI=1S/C18H19N3O4/c1-23-14-7-3-5-12(9-14)16(22)11-19-18-20-17(21-25-18)13-6-4-8-15(10-13)24-2/h3-10,16,22H,11H2,1-2H3,(H,19,20,21). The van der Waals surface area contributed by atoms with Gasteiger partial charge in [-0.25, -0.2) is 0 Å². The first kappa shape index (κ1) is 16.8. The van der Waals surface area contributed by atoms with Crippen LogP contribution in [0.5, 0.6) is 11.5 Å². The first-order chi connectivity index (χ1) is 12.2. The third kappa shape index (κ3) is 4.07. The minimum absolute atomic E-state index is 0.229. The molecule has 0 fully saturated rings. The fourth-order valence-electron chi connectivity index (χ4n) is 2.33. The molecule has 0 spiro atoms. The zero-order chi connectivity index (χ0) is 17.6. The SMILES string of the molecule is COc1cccc(-c2noc(NCC(O)c3cccc(OC)c3)n2)c1. The highest BCUT2D eigenvalue weighted by Crippen LogP contribution is 2.23. The zero-order valence-corrected chi connectivity index (χ0v) is 14.0. The Morgan fingerprint density at radius 2 is 1.80 bits per heavy atom. The molecule has 1 aromatic heterocycles.